The zero-order valence-corrected chi connectivity index (χ0v) is 29.1. The van der Waals surface area contributed by atoms with E-state index in [4.69, 9.17) is 9.16 Å². The number of non-ortho nitro benzene ring substituents is 1. The molecule has 3 unspecified atom stereocenters. The van der Waals surface area contributed by atoms with Crippen molar-refractivity contribution in [3.8, 4) is 0 Å². The van der Waals surface area contributed by atoms with E-state index in [0.29, 0.717) is 18.7 Å². The maximum absolute atomic E-state index is 14.7. The predicted molar refractivity (Wildman–Crippen MR) is 175 cm³/mol. The first-order valence-electron chi connectivity index (χ1n) is 15.9. The van der Waals surface area contributed by atoms with Gasteiger partial charge >= 0.3 is 5.97 Å². The normalized spacial score (nSPS) is 22.3. The summed E-state index contributed by atoms with van der Waals surface area (Å²) in [6.07, 6.45) is 3.11. The van der Waals surface area contributed by atoms with Crippen molar-refractivity contribution in [2.24, 2.45) is 11.8 Å². The van der Waals surface area contributed by atoms with Crippen LogP contribution in [0.5, 0.6) is 0 Å². The quantitative estimate of drug-likeness (QED) is 0.110. The van der Waals surface area contributed by atoms with Crippen molar-refractivity contribution < 1.29 is 36.9 Å². The van der Waals surface area contributed by atoms with Gasteiger partial charge in [-0.2, -0.15) is 0 Å². The first kappa shape index (κ1) is 34.5. The number of rotatable bonds is 10. The van der Waals surface area contributed by atoms with E-state index in [1.165, 1.54) is 47.4 Å². The Morgan fingerprint density at radius 3 is 2.23 bits per heavy atom. The number of nitro groups is 1. The number of likely N-dealkylation sites (tertiary alicyclic amines) is 1. The number of fused-ring (bicyclic) bond motifs is 1. The van der Waals surface area contributed by atoms with Gasteiger partial charge in [-0.1, -0.05) is 31.9 Å². The fourth-order valence-electron chi connectivity index (χ4n) is 6.87. The number of carbonyl (C=O) groups is 3. The van der Waals surface area contributed by atoms with Crippen molar-refractivity contribution >= 4 is 41.6 Å². The zero-order chi connectivity index (χ0) is 34.3. The monoisotopic (exact) mass is 683 g/mol. The Kier molecular flexibility index (Phi) is 9.76. The second-order valence-electron chi connectivity index (χ2n) is 13.4. The van der Waals surface area contributed by atoms with Crippen LogP contribution < -0.4 is 0 Å². The fourth-order valence-corrected chi connectivity index (χ4v) is 10.1. The molecule has 3 heterocycles. The molecule has 0 aliphatic carbocycles. The SMILES string of the molecule is CC(O[Si](C)(C)C)C1C(=O)N2C(C(=O)OCc3ccc([N+](=O)[O-])cc3)=C(S(=O)(=O)c3ccccc3C(=O)N3CCCCCC3)C(C)[C@@H]12. The van der Waals surface area contributed by atoms with Crippen molar-refractivity contribution in [3.05, 3.63) is 80.4 Å². The summed E-state index contributed by atoms with van der Waals surface area (Å²) in [5.41, 5.74) is -0.0538. The van der Waals surface area contributed by atoms with Gasteiger partial charge in [0, 0.05) is 31.1 Å². The van der Waals surface area contributed by atoms with Crippen LogP contribution in [0.4, 0.5) is 5.69 Å². The van der Waals surface area contributed by atoms with Crippen molar-refractivity contribution in [3.63, 3.8) is 0 Å². The Hall–Kier alpha value is -3.88. The van der Waals surface area contributed by atoms with Gasteiger partial charge in [0.2, 0.25) is 15.7 Å². The van der Waals surface area contributed by atoms with Gasteiger partial charge in [-0.05, 0) is 69.2 Å². The molecule has 0 aromatic heterocycles. The minimum atomic E-state index is -4.51. The maximum atomic E-state index is 14.7. The van der Waals surface area contributed by atoms with E-state index in [1.54, 1.807) is 24.8 Å². The molecule has 0 saturated carbocycles. The largest absolute Gasteiger partial charge is 0.456 e. The maximum Gasteiger partial charge on any atom is 0.356 e. The van der Waals surface area contributed by atoms with E-state index in [0.717, 1.165) is 25.7 Å². The molecule has 3 aliphatic heterocycles. The van der Waals surface area contributed by atoms with Crippen LogP contribution in [0.15, 0.2) is 64.0 Å². The standard InChI is InChI=1S/C33H41N3O9SSi/c1-21-28-27(22(2)45-47(3,4)5)32(38)35(28)29(33(39)44-20-23-14-16-24(17-15-23)36(40)41)30(21)46(42,43)26-13-9-8-12-25(26)31(37)34-18-10-6-7-11-19-34/h8-9,12-17,21-22,27-28H,6-7,10-11,18-20H2,1-5H3/t21?,22?,27?,28-/m0/s1. The molecule has 0 N–H and O–H groups in total. The zero-order valence-electron chi connectivity index (χ0n) is 27.3. The molecule has 2 amide bonds. The number of hydrogen-bond acceptors (Lipinski definition) is 9. The highest BCUT2D eigenvalue weighted by molar-refractivity contribution is 7.95. The number of β-lactam (4-membered cyclic amide) rings is 1. The average molecular weight is 684 g/mol. The molecule has 0 radical (unpaired) electrons. The van der Waals surface area contributed by atoms with Crippen LogP contribution in [0.1, 0.15) is 55.5 Å². The van der Waals surface area contributed by atoms with Gasteiger partial charge in [-0.25, -0.2) is 13.2 Å². The summed E-state index contributed by atoms with van der Waals surface area (Å²) in [4.78, 5) is 54.2. The number of carbonyl (C=O) groups excluding carboxylic acids is 3. The summed E-state index contributed by atoms with van der Waals surface area (Å²) >= 11 is 0. The highest BCUT2D eigenvalue weighted by atomic mass is 32.2. The fraction of sp³-hybridized carbons (Fsp3) is 0.485. The Balaban J connectivity index is 1.54. The summed E-state index contributed by atoms with van der Waals surface area (Å²) < 4.78 is 41.2. The molecule has 252 valence electrons. The van der Waals surface area contributed by atoms with Crippen molar-refractivity contribution in [2.75, 3.05) is 13.1 Å². The second kappa shape index (κ2) is 13.3. The third kappa shape index (κ3) is 6.76. The highest BCUT2D eigenvalue weighted by Crippen LogP contribution is 2.51. The van der Waals surface area contributed by atoms with Crippen LogP contribution in [-0.4, -0.2) is 74.5 Å². The number of amides is 2. The van der Waals surface area contributed by atoms with E-state index in [-0.39, 0.29) is 33.4 Å². The van der Waals surface area contributed by atoms with Crippen LogP contribution in [0.2, 0.25) is 19.6 Å². The molecule has 12 nitrogen and oxygen atoms in total. The topological polar surface area (TPSA) is 153 Å². The number of esters is 1. The Labute approximate surface area is 275 Å². The van der Waals surface area contributed by atoms with Crippen LogP contribution in [-0.2, 0) is 35.2 Å². The lowest BCUT2D eigenvalue weighted by Crippen LogP contribution is -2.64. The lowest BCUT2D eigenvalue weighted by molar-refractivity contribution is -0.384. The molecule has 3 aliphatic rings. The van der Waals surface area contributed by atoms with E-state index in [2.05, 4.69) is 0 Å². The summed E-state index contributed by atoms with van der Waals surface area (Å²) in [5.74, 6) is -3.34. The molecule has 2 aromatic carbocycles. The summed E-state index contributed by atoms with van der Waals surface area (Å²) in [7, 11) is -6.59. The lowest BCUT2D eigenvalue weighted by atomic mass is 9.79. The molecule has 5 rings (SSSR count). The third-order valence-corrected chi connectivity index (χ3v) is 12.1. The first-order valence-corrected chi connectivity index (χ1v) is 20.8. The molecule has 4 atom stereocenters. The van der Waals surface area contributed by atoms with Crippen molar-refractivity contribution in [2.45, 2.75) is 82.8 Å². The number of ether oxygens (including phenoxy) is 1. The molecular weight excluding hydrogens is 643 g/mol. The molecular formula is C33H41N3O9SSi. The van der Waals surface area contributed by atoms with Gasteiger partial charge in [0.05, 0.1) is 38.4 Å². The minimum Gasteiger partial charge on any atom is -0.456 e. The van der Waals surface area contributed by atoms with Gasteiger partial charge in [0.1, 0.15) is 12.3 Å². The van der Waals surface area contributed by atoms with E-state index in [1.807, 2.05) is 19.6 Å². The van der Waals surface area contributed by atoms with E-state index >= 15 is 0 Å². The smallest absolute Gasteiger partial charge is 0.356 e. The van der Waals surface area contributed by atoms with Gasteiger partial charge in [-0.3, -0.25) is 19.7 Å². The van der Waals surface area contributed by atoms with Crippen LogP contribution in [0, 0.1) is 22.0 Å². The number of benzene rings is 2. The molecule has 0 bridgehead atoms. The second-order valence-corrected chi connectivity index (χ2v) is 19.7. The molecule has 14 heteroatoms. The molecule has 2 fully saturated rings. The van der Waals surface area contributed by atoms with E-state index in [9.17, 15) is 32.9 Å². The number of nitrogens with zero attached hydrogens (tertiary/aromatic N) is 3. The highest BCUT2D eigenvalue weighted by Gasteiger charge is 2.63. The predicted octanol–water partition coefficient (Wildman–Crippen LogP) is 5.06. The van der Waals surface area contributed by atoms with Crippen molar-refractivity contribution in [1.29, 1.82) is 0 Å². The van der Waals surface area contributed by atoms with Crippen LogP contribution in [0.3, 0.4) is 0 Å². The van der Waals surface area contributed by atoms with Gasteiger partial charge in [0.15, 0.2) is 8.32 Å². The summed E-state index contributed by atoms with van der Waals surface area (Å²) in [6.45, 7) is 10.2. The Morgan fingerprint density at radius 2 is 1.64 bits per heavy atom. The first-order chi connectivity index (χ1) is 22.1. The molecule has 0 spiro atoms. The van der Waals surface area contributed by atoms with Gasteiger partial charge in [0.25, 0.3) is 11.6 Å². The lowest BCUT2D eigenvalue weighted by Gasteiger charge is -2.48. The Morgan fingerprint density at radius 1 is 1.02 bits per heavy atom. The Bertz CT molecular complexity index is 1710. The number of hydrogen-bond donors (Lipinski definition) is 0. The average Bonchev–Trinajstić information content (AvgIpc) is 3.14. The molecule has 2 saturated heterocycles. The van der Waals surface area contributed by atoms with Gasteiger partial charge in [-0.15, -0.1) is 0 Å². The number of nitro benzene ring substituents is 1. The van der Waals surface area contributed by atoms with Crippen LogP contribution in [0.25, 0.3) is 0 Å². The molecule has 47 heavy (non-hydrogen) atoms. The summed E-state index contributed by atoms with van der Waals surface area (Å²) in [5, 5.41) is 11.0. The molecule has 2 aromatic rings. The third-order valence-electron chi connectivity index (χ3n) is 8.93. The van der Waals surface area contributed by atoms with Crippen molar-refractivity contribution in [1.82, 2.24) is 9.80 Å². The van der Waals surface area contributed by atoms with Crippen LogP contribution >= 0.6 is 0 Å². The minimum absolute atomic E-state index is 0.0141. The van der Waals surface area contributed by atoms with Gasteiger partial charge < -0.3 is 19.0 Å². The summed E-state index contributed by atoms with van der Waals surface area (Å²) in [6, 6.07) is 10.7. The number of sulfone groups is 1. The van der Waals surface area contributed by atoms with E-state index < -0.39 is 64.8 Å².